The maximum Gasteiger partial charge on any atom is 0.276 e. The predicted molar refractivity (Wildman–Crippen MR) is 77.3 cm³/mol. The first-order valence-corrected chi connectivity index (χ1v) is 6.41. The SMILES string of the molecule is CCN1C(=O)/C(=C/c2ccc3occc3c2)NC1=S. The summed E-state index contributed by atoms with van der Waals surface area (Å²) < 4.78 is 5.28. The first kappa shape index (κ1) is 11.9. The number of likely N-dealkylation sites (N-methyl/N-ethyl adjacent to an activating group) is 1. The fourth-order valence-corrected chi connectivity index (χ4v) is 2.42. The van der Waals surface area contributed by atoms with E-state index >= 15 is 0 Å². The van der Waals surface area contributed by atoms with E-state index in [1.54, 1.807) is 12.3 Å². The van der Waals surface area contributed by atoms with E-state index in [0.717, 1.165) is 16.5 Å². The van der Waals surface area contributed by atoms with Crippen molar-refractivity contribution >= 4 is 40.3 Å². The highest BCUT2D eigenvalue weighted by Crippen LogP contribution is 2.20. The van der Waals surface area contributed by atoms with Crippen molar-refractivity contribution in [2.75, 3.05) is 6.54 Å². The highest BCUT2D eigenvalue weighted by Gasteiger charge is 2.28. The number of hydrogen-bond donors (Lipinski definition) is 1. The minimum absolute atomic E-state index is 0.0835. The first-order chi connectivity index (χ1) is 9.19. The van der Waals surface area contributed by atoms with E-state index < -0.39 is 0 Å². The van der Waals surface area contributed by atoms with Gasteiger partial charge in [0.1, 0.15) is 11.3 Å². The van der Waals surface area contributed by atoms with Crippen molar-refractivity contribution in [2.45, 2.75) is 6.92 Å². The summed E-state index contributed by atoms with van der Waals surface area (Å²) in [6, 6.07) is 7.66. The summed E-state index contributed by atoms with van der Waals surface area (Å²) in [5, 5.41) is 4.41. The molecule has 1 aliphatic rings. The van der Waals surface area contributed by atoms with Gasteiger partial charge < -0.3 is 9.73 Å². The van der Waals surface area contributed by atoms with Crippen LogP contribution in [0.2, 0.25) is 0 Å². The van der Waals surface area contributed by atoms with Gasteiger partial charge in [-0.15, -0.1) is 0 Å². The van der Waals surface area contributed by atoms with Crippen LogP contribution in [0.4, 0.5) is 0 Å². The van der Waals surface area contributed by atoms with Crippen molar-refractivity contribution in [2.24, 2.45) is 0 Å². The Morgan fingerprint density at radius 1 is 1.42 bits per heavy atom. The lowest BCUT2D eigenvalue weighted by Gasteiger charge is -2.08. The number of thiocarbonyl (C=S) groups is 1. The zero-order valence-corrected chi connectivity index (χ0v) is 11.2. The van der Waals surface area contributed by atoms with Gasteiger partial charge in [-0.1, -0.05) is 6.07 Å². The molecule has 1 amide bonds. The molecule has 0 radical (unpaired) electrons. The molecule has 1 aromatic heterocycles. The van der Waals surface area contributed by atoms with Gasteiger partial charge in [-0.2, -0.15) is 0 Å². The van der Waals surface area contributed by atoms with Crippen molar-refractivity contribution in [1.82, 2.24) is 10.2 Å². The molecule has 0 saturated carbocycles. The van der Waals surface area contributed by atoms with Crippen molar-refractivity contribution in [3.05, 3.63) is 41.8 Å². The Morgan fingerprint density at radius 3 is 3.00 bits per heavy atom. The molecule has 4 nitrogen and oxygen atoms in total. The number of hydrogen-bond acceptors (Lipinski definition) is 3. The molecule has 3 rings (SSSR count). The van der Waals surface area contributed by atoms with Gasteiger partial charge in [-0.25, -0.2) is 0 Å². The highest BCUT2D eigenvalue weighted by molar-refractivity contribution is 7.80. The standard InChI is InChI=1S/C14H12N2O2S/c1-2-16-13(17)11(15-14(16)19)8-9-3-4-12-10(7-9)5-6-18-12/h3-8H,2H2,1H3,(H,15,19)/b11-8-. The van der Waals surface area contributed by atoms with Gasteiger partial charge in [0.25, 0.3) is 5.91 Å². The number of furan rings is 1. The average Bonchev–Trinajstić information content (AvgIpc) is 2.95. The average molecular weight is 272 g/mol. The maximum atomic E-state index is 12.1. The van der Waals surface area contributed by atoms with Gasteiger partial charge >= 0.3 is 0 Å². The number of benzene rings is 1. The van der Waals surface area contributed by atoms with Crippen molar-refractivity contribution in [1.29, 1.82) is 0 Å². The maximum absolute atomic E-state index is 12.1. The van der Waals surface area contributed by atoms with E-state index in [9.17, 15) is 4.79 Å². The number of fused-ring (bicyclic) bond motifs is 1. The monoisotopic (exact) mass is 272 g/mol. The first-order valence-electron chi connectivity index (χ1n) is 6.01. The van der Waals surface area contributed by atoms with E-state index in [1.165, 1.54) is 4.90 Å². The van der Waals surface area contributed by atoms with Crippen LogP contribution in [-0.2, 0) is 4.79 Å². The summed E-state index contributed by atoms with van der Waals surface area (Å²) in [4.78, 5) is 13.6. The lowest BCUT2D eigenvalue weighted by molar-refractivity contribution is -0.122. The summed E-state index contributed by atoms with van der Waals surface area (Å²) in [5.41, 5.74) is 2.28. The quantitative estimate of drug-likeness (QED) is 0.674. The second-order valence-electron chi connectivity index (χ2n) is 4.26. The lowest BCUT2D eigenvalue weighted by atomic mass is 10.1. The number of nitrogens with one attached hydrogen (secondary N) is 1. The smallest absolute Gasteiger partial charge is 0.276 e. The van der Waals surface area contributed by atoms with Crippen LogP contribution in [0.15, 0.2) is 40.6 Å². The van der Waals surface area contributed by atoms with Crippen molar-refractivity contribution in [3.63, 3.8) is 0 Å². The van der Waals surface area contributed by atoms with Crippen LogP contribution >= 0.6 is 12.2 Å². The molecule has 5 heteroatoms. The highest BCUT2D eigenvalue weighted by atomic mass is 32.1. The number of amides is 1. The Kier molecular flexibility index (Phi) is 2.83. The van der Waals surface area contributed by atoms with Crippen LogP contribution in [0, 0.1) is 0 Å². The summed E-state index contributed by atoms with van der Waals surface area (Å²) in [6.07, 6.45) is 3.45. The molecule has 1 aromatic carbocycles. The summed E-state index contributed by atoms with van der Waals surface area (Å²) in [6.45, 7) is 2.47. The van der Waals surface area contributed by atoms with Crippen LogP contribution in [0.25, 0.3) is 17.0 Å². The Morgan fingerprint density at radius 2 is 2.26 bits per heavy atom. The molecule has 0 aliphatic carbocycles. The molecule has 19 heavy (non-hydrogen) atoms. The third-order valence-electron chi connectivity index (χ3n) is 3.07. The van der Waals surface area contributed by atoms with E-state index in [4.69, 9.17) is 16.6 Å². The molecule has 1 saturated heterocycles. The van der Waals surface area contributed by atoms with Crippen LogP contribution in [0.5, 0.6) is 0 Å². The van der Waals surface area contributed by atoms with Crippen LogP contribution < -0.4 is 5.32 Å². The molecule has 0 unspecified atom stereocenters. The summed E-state index contributed by atoms with van der Waals surface area (Å²) in [5.74, 6) is -0.0835. The van der Waals surface area contributed by atoms with Gasteiger partial charge in [-0.3, -0.25) is 9.69 Å². The van der Waals surface area contributed by atoms with E-state index in [1.807, 2.05) is 31.2 Å². The third-order valence-corrected chi connectivity index (χ3v) is 3.39. The van der Waals surface area contributed by atoms with Crippen LogP contribution in [0.3, 0.4) is 0 Å². The fraction of sp³-hybridized carbons (Fsp3) is 0.143. The largest absolute Gasteiger partial charge is 0.464 e. The molecule has 1 fully saturated rings. The minimum Gasteiger partial charge on any atom is -0.464 e. The molecule has 0 bridgehead atoms. The van der Waals surface area contributed by atoms with Gasteiger partial charge in [0.05, 0.1) is 6.26 Å². The van der Waals surface area contributed by atoms with Gasteiger partial charge in [-0.05, 0) is 49.0 Å². The molecular weight excluding hydrogens is 260 g/mol. The number of carbonyl (C=O) groups excluding carboxylic acids is 1. The topological polar surface area (TPSA) is 45.5 Å². The lowest BCUT2D eigenvalue weighted by Crippen LogP contribution is -2.30. The normalized spacial score (nSPS) is 17.5. The van der Waals surface area contributed by atoms with Gasteiger partial charge in [0, 0.05) is 11.9 Å². The van der Waals surface area contributed by atoms with Crippen molar-refractivity contribution < 1.29 is 9.21 Å². The van der Waals surface area contributed by atoms with Crippen LogP contribution in [0.1, 0.15) is 12.5 Å². The second-order valence-corrected chi connectivity index (χ2v) is 4.64. The minimum atomic E-state index is -0.0835. The summed E-state index contributed by atoms with van der Waals surface area (Å²) in [7, 11) is 0. The molecule has 2 aromatic rings. The zero-order valence-electron chi connectivity index (χ0n) is 10.3. The van der Waals surface area contributed by atoms with Crippen LogP contribution in [-0.4, -0.2) is 22.5 Å². The molecule has 0 atom stereocenters. The van der Waals surface area contributed by atoms with Gasteiger partial charge in [0.2, 0.25) is 0 Å². The van der Waals surface area contributed by atoms with E-state index in [0.29, 0.717) is 17.4 Å². The fourth-order valence-electron chi connectivity index (χ4n) is 2.10. The Balaban J connectivity index is 1.97. The Hall–Kier alpha value is -2.14. The second kappa shape index (κ2) is 4.51. The molecule has 0 spiro atoms. The van der Waals surface area contributed by atoms with Crippen molar-refractivity contribution in [3.8, 4) is 0 Å². The Labute approximate surface area is 115 Å². The third kappa shape index (κ3) is 2.02. The Bertz CT molecular complexity index is 702. The number of nitrogens with zero attached hydrogens (tertiary/aromatic N) is 1. The molecule has 2 heterocycles. The molecule has 1 aliphatic heterocycles. The van der Waals surface area contributed by atoms with Gasteiger partial charge in [0.15, 0.2) is 5.11 Å². The number of carbonyl (C=O) groups is 1. The van der Waals surface area contributed by atoms with E-state index in [2.05, 4.69) is 5.32 Å². The molecular formula is C14H12N2O2S. The zero-order chi connectivity index (χ0) is 13.4. The predicted octanol–water partition coefficient (Wildman–Crippen LogP) is 2.51. The van der Waals surface area contributed by atoms with E-state index in [-0.39, 0.29) is 5.91 Å². The molecule has 96 valence electrons. The summed E-state index contributed by atoms with van der Waals surface area (Å²) >= 11 is 5.11. The molecule has 1 N–H and O–H groups in total. The number of rotatable bonds is 2.